The number of carbonyl (C=O) groups excluding carboxylic acids is 1. The molecule has 2 rings (SSSR count). The lowest BCUT2D eigenvalue weighted by atomic mass is 10.2. The van der Waals surface area contributed by atoms with E-state index in [1.165, 1.54) is 25.1 Å². The molecule has 0 heterocycles. The van der Waals surface area contributed by atoms with E-state index in [9.17, 15) is 17.6 Å². The summed E-state index contributed by atoms with van der Waals surface area (Å²) in [6, 6.07) is 11.2. The van der Waals surface area contributed by atoms with Crippen molar-refractivity contribution in [2.24, 2.45) is 5.10 Å². The van der Waals surface area contributed by atoms with Gasteiger partial charge in [0.25, 0.3) is 5.91 Å². The van der Waals surface area contributed by atoms with Crippen LogP contribution in [0.2, 0.25) is 0 Å². The van der Waals surface area contributed by atoms with Gasteiger partial charge in [-0.05, 0) is 44.2 Å². The Morgan fingerprint density at radius 1 is 1.25 bits per heavy atom. The molecule has 0 radical (unpaired) electrons. The van der Waals surface area contributed by atoms with E-state index < -0.39 is 27.8 Å². The Morgan fingerprint density at radius 3 is 2.46 bits per heavy atom. The van der Waals surface area contributed by atoms with Crippen molar-refractivity contribution in [1.82, 2.24) is 5.43 Å². The average Bonchev–Trinajstić information content (AvgIpc) is 2.64. The van der Waals surface area contributed by atoms with Crippen LogP contribution in [0.4, 0.5) is 10.1 Å². The summed E-state index contributed by atoms with van der Waals surface area (Å²) in [5, 5.41) is 3.71. The van der Waals surface area contributed by atoms with Crippen LogP contribution in [0, 0.1) is 5.82 Å². The molecule has 2 aromatic carbocycles. The number of nitrogens with zero attached hydrogens (tertiary/aromatic N) is 2. The molecule has 1 atom stereocenters. The summed E-state index contributed by atoms with van der Waals surface area (Å²) in [4.78, 5) is 12.4. The molecule has 0 aromatic heterocycles. The summed E-state index contributed by atoms with van der Waals surface area (Å²) in [6.07, 6.45) is 2.16. The number of amides is 1. The highest BCUT2D eigenvalue weighted by Crippen LogP contribution is 2.24. The third-order valence-corrected chi connectivity index (χ3v) is 5.02. The van der Waals surface area contributed by atoms with Crippen LogP contribution in [-0.2, 0) is 14.8 Å². The molecule has 0 fully saturated rings. The predicted molar refractivity (Wildman–Crippen MR) is 107 cm³/mol. The van der Waals surface area contributed by atoms with Gasteiger partial charge in [0.15, 0.2) is 0 Å². The summed E-state index contributed by atoms with van der Waals surface area (Å²) in [7, 11) is -3.75. The second-order valence-corrected chi connectivity index (χ2v) is 7.78. The Balaban J connectivity index is 2.17. The largest absolute Gasteiger partial charge is 0.494 e. The number of hydrogen-bond donors (Lipinski definition) is 1. The van der Waals surface area contributed by atoms with Crippen molar-refractivity contribution in [3.63, 3.8) is 0 Å². The smallest absolute Gasteiger partial charge is 0.263 e. The summed E-state index contributed by atoms with van der Waals surface area (Å²) >= 11 is 0. The van der Waals surface area contributed by atoms with E-state index in [-0.39, 0.29) is 5.56 Å². The fourth-order valence-electron chi connectivity index (χ4n) is 2.50. The average molecular weight is 407 g/mol. The fraction of sp³-hybridized carbons (Fsp3) is 0.263. The molecule has 0 unspecified atom stereocenters. The number of carbonyl (C=O) groups is 1. The van der Waals surface area contributed by atoms with Gasteiger partial charge in [0.1, 0.15) is 17.6 Å². The van der Waals surface area contributed by atoms with Crippen molar-refractivity contribution in [3.8, 4) is 5.75 Å². The molecule has 7 nitrogen and oxygen atoms in total. The maximum absolute atomic E-state index is 13.6. The van der Waals surface area contributed by atoms with Crippen LogP contribution < -0.4 is 14.5 Å². The van der Waals surface area contributed by atoms with Gasteiger partial charge in [0.05, 0.1) is 24.8 Å². The topological polar surface area (TPSA) is 88.1 Å². The second kappa shape index (κ2) is 9.32. The van der Waals surface area contributed by atoms with Crippen molar-refractivity contribution in [1.29, 1.82) is 0 Å². The first-order valence-electron chi connectivity index (χ1n) is 8.53. The van der Waals surface area contributed by atoms with Crippen molar-refractivity contribution in [3.05, 3.63) is 59.9 Å². The molecule has 9 heteroatoms. The summed E-state index contributed by atoms with van der Waals surface area (Å²) in [6.45, 7) is 3.75. The highest BCUT2D eigenvalue weighted by Gasteiger charge is 2.29. The van der Waals surface area contributed by atoms with Crippen LogP contribution in [0.25, 0.3) is 0 Å². The van der Waals surface area contributed by atoms with E-state index in [0.717, 1.165) is 16.8 Å². The summed E-state index contributed by atoms with van der Waals surface area (Å²) in [5.74, 6) is -0.557. The fourth-order valence-corrected chi connectivity index (χ4v) is 3.68. The molecular weight excluding hydrogens is 385 g/mol. The Hall–Kier alpha value is -2.94. The van der Waals surface area contributed by atoms with Crippen LogP contribution in [-0.4, -0.2) is 39.4 Å². The van der Waals surface area contributed by atoms with E-state index in [2.05, 4.69) is 10.5 Å². The van der Waals surface area contributed by atoms with E-state index in [1.807, 2.05) is 6.92 Å². The van der Waals surface area contributed by atoms with E-state index >= 15 is 0 Å². The number of sulfonamides is 1. The van der Waals surface area contributed by atoms with E-state index in [1.54, 1.807) is 30.3 Å². The van der Waals surface area contributed by atoms with Crippen LogP contribution in [0.15, 0.2) is 53.6 Å². The van der Waals surface area contributed by atoms with Crippen LogP contribution >= 0.6 is 0 Å². The lowest BCUT2D eigenvalue weighted by molar-refractivity contribution is -0.121. The zero-order valence-corrected chi connectivity index (χ0v) is 16.6. The van der Waals surface area contributed by atoms with Crippen LogP contribution in [0.1, 0.15) is 19.4 Å². The van der Waals surface area contributed by atoms with Crippen molar-refractivity contribution >= 4 is 27.8 Å². The van der Waals surface area contributed by atoms with Crippen molar-refractivity contribution in [2.75, 3.05) is 17.2 Å². The summed E-state index contributed by atoms with van der Waals surface area (Å²) < 4.78 is 44.4. The minimum atomic E-state index is -3.75. The zero-order valence-electron chi connectivity index (χ0n) is 15.8. The van der Waals surface area contributed by atoms with Crippen molar-refractivity contribution < 1.29 is 22.3 Å². The van der Waals surface area contributed by atoms with E-state index in [0.29, 0.717) is 18.0 Å². The number of hydrogen-bond acceptors (Lipinski definition) is 5. The number of ether oxygens (including phenoxy) is 1. The molecule has 1 amide bonds. The van der Waals surface area contributed by atoms with Gasteiger partial charge >= 0.3 is 0 Å². The first-order valence-corrected chi connectivity index (χ1v) is 10.4. The number of halogens is 1. The van der Waals surface area contributed by atoms with Crippen LogP contribution in [0.5, 0.6) is 5.75 Å². The van der Waals surface area contributed by atoms with Gasteiger partial charge in [0.2, 0.25) is 10.0 Å². The van der Waals surface area contributed by atoms with Gasteiger partial charge in [-0.3, -0.25) is 9.10 Å². The standard InChI is InChI=1S/C19H22FN3O4S/c1-4-27-17-11-9-16(10-12-17)23(28(3,25)26)14(2)19(24)22-21-13-15-7-5-6-8-18(15)20/h5-14H,4H2,1-3H3,(H,22,24)/b21-13-/t14-/m0/s1. The predicted octanol–water partition coefficient (Wildman–Crippen LogP) is 2.53. The lowest BCUT2D eigenvalue weighted by Gasteiger charge is -2.27. The quantitative estimate of drug-likeness (QED) is 0.538. The number of rotatable bonds is 8. The van der Waals surface area contributed by atoms with E-state index in [4.69, 9.17) is 4.74 Å². The minimum absolute atomic E-state index is 0.196. The molecule has 1 N–H and O–H groups in total. The third-order valence-electron chi connectivity index (χ3n) is 3.77. The molecule has 0 saturated heterocycles. The zero-order chi connectivity index (χ0) is 20.7. The SMILES string of the molecule is CCOc1ccc(N([C@@H](C)C(=O)N/N=C\c2ccccc2F)S(C)(=O)=O)cc1. The van der Waals surface area contributed by atoms with Gasteiger partial charge in [0, 0.05) is 5.56 Å². The molecule has 150 valence electrons. The number of nitrogens with one attached hydrogen (secondary N) is 1. The normalized spacial score (nSPS) is 12.6. The van der Waals surface area contributed by atoms with Gasteiger partial charge in [-0.2, -0.15) is 5.10 Å². The Kier molecular flexibility index (Phi) is 7.11. The molecule has 0 aliphatic rings. The molecule has 0 spiro atoms. The molecule has 0 aliphatic heterocycles. The molecule has 0 saturated carbocycles. The minimum Gasteiger partial charge on any atom is -0.494 e. The maximum Gasteiger partial charge on any atom is 0.263 e. The monoisotopic (exact) mass is 407 g/mol. The lowest BCUT2D eigenvalue weighted by Crippen LogP contribution is -2.46. The number of anilines is 1. The van der Waals surface area contributed by atoms with Crippen LogP contribution in [0.3, 0.4) is 0 Å². The molecular formula is C19H22FN3O4S. The number of benzene rings is 2. The first-order chi connectivity index (χ1) is 13.2. The van der Waals surface area contributed by atoms with Gasteiger partial charge in [-0.15, -0.1) is 0 Å². The Morgan fingerprint density at radius 2 is 1.89 bits per heavy atom. The highest BCUT2D eigenvalue weighted by molar-refractivity contribution is 7.92. The molecule has 28 heavy (non-hydrogen) atoms. The highest BCUT2D eigenvalue weighted by atomic mass is 32.2. The molecule has 0 bridgehead atoms. The Labute approximate surface area is 163 Å². The Bertz CT molecular complexity index is 946. The number of hydrazone groups is 1. The maximum atomic E-state index is 13.6. The van der Waals surface area contributed by atoms with Gasteiger partial charge in [-0.1, -0.05) is 18.2 Å². The molecule has 2 aromatic rings. The second-order valence-electron chi connectivity index (χ2n) is 5.92. The van der Waals surface area contributed by atoms with Gasteiger partial charge in [-0.25, -0.2) is 18.2 Å². The van der Waals surface area contributed by atoms with Gasteiger partial charge < -0.3 is 4.74 Å². The third kappa shape index (κ3) is 5.53. The summed E-state index contributed by atoms with van der Waals surface area (Å²) in [5.41, 5.74) is 2.75. The molecule has 0 aliphatic carbocycles. The first kappa shape index (κ1) is 21.4. The van der Waals surface area contributed by atoms with Crippen molar-refractivity contribution in [2.45, 2.75) is 19.9 Å².